The highest BCUT2D eigenvalue weighted by atomic mass is 35.5. The molecule has 1 aromatic rings. The number of nitrogens with two attached hydrogens (primary N) is 1. The van der Waals surface area contributed by atoms with Crippen LogP contribution in [0.5, 0.6) is 0 Å². The largest absolute Gasteiger partial charge is 0.449 e. The van der Waals surface area contributed by atoms with Gasteiger partial charge in [0.15, 0.2) is 6.10 Å². The second kappa shape index (κ2) is 6.80. The van der Waals surface area contributed by atoms with Crippen molar-refractivity contribution in [3.8, 4) is 0 Å². The van der Waals surface area contributed by atoms with Crippen molar-refractivity contribution in [3.05, 3.63) is 28.8 Å². The highest BCUT2D eigenvalue weighted by Crippen LogP contribution is 2.23. The van der Waals surface area contributed by atoms with Crippen LogP contribution in [0.3, 0.4) is 0 Å². The van der Waals surface area contributed by atoms with Gasteiger partial charge < -0.3 is 15.8 Å². The van der Waals surface area contributed by atoms with Gasteiger partial charge in [-0.2, -0.15) is 0 Å². The van der Waals surface area contributed by atoms with Crippen molar-refractivity contribution in [1.82, 2.24) is 5.32 Å². The zero-order valence-corrected chi connectivity index (χ0v) is 12.7. The Morgan fingerprint density at radius 2 is 2.05 bits per heavy atom. The van der Waals surface area contributed by atoms with Crippen molar-refractivity contribution in [2.24, 2.45) is 0 Å². The number of rotatable bonds is 4. The number of hydrogen-bond donors (Lipinski definition) is 2. The standard InChI is InChI=1S/C15H19ClN2O3/c1-9(14(19)18-10-5-2-3-6-10)21-15(20)11-7-4-8-12(16)13(11)17/h4,7-10H,2-3,5-6,17H2,1H3,(H,18,19). The number of nitrogens with one attached hydrogen (secondary N) is 1. The lowest BCUT2D eigenvalue weighted by atomic mass is 10.2. The normalized spacial score (nSPS) is 16.5. The smallest absolute Gasteiger partial charge is 0.341 e. The molecule has 1 amide bonds. The van der Waals surface area contributed by atoms with Gasteiger partial charge in [0.1, 0.15) is 0 Å². The number of carbonyl (C=O) groups is 2. The van der Waals surface area contributed by atoms with E-state index >= 15 is 0 Å². The molecule has 0 aromatic heterocycles. The van der Waals surface area contributed by atoms with E-state index in [0.717, 1.165) is 25.7 Å². The van der Waals surface area contributed by atoms with Crippen LogP contribution >= 0.6 is 11.6 Å². The maximum Gasteiger partial charge on any atom is 0.341 e. The average Bonchev–Trinajstić information content (AvgIpc) is 2.94. The van der Waals surface area contributed by atoms with Gasteiger partial charge in [0, 0.05) is 6.04 Å². The Kier molecular flexibility index (Phi) is 5.07. The van der Waals surface area contributed by atoms with Gasteiger partial charge in [0.2, 0.25) is 0 Å². The molecule has 2 rings (SSSR count). The summed E-state index contributed by atoms with van der Waals surface area (Å²) in [6.45, 7) is 1.54. The Labute approximate surface area is 128 Å². The molecule has 5 nitrogen and oxygen atoms in total. The first-order valence-corrected chi connectivity index (χ1v) is 7.42. The summed E-state index contributed by atoms with van der Waals surface area (Å²) in [5.74, 6) is -0.931. The minimum atomic E-state index is -0.864. The zero-order valence-electron chi connectivity index (χ0n) is 11.9. The van der Waals surface area contributed by atoms with Crippen molar-refractivity contribution in [2.45, 2.75) is 44.8 Å². The molecule has 1 unspecified atom stereocenters. The molecule has 3 N–H and O–H groups in total. The highest BCUT2D eigenvalue weighted by molar-refractivity contribution is 6.33. The summed E-state index contributed by atoms with van der Waals surface area (Å²) < 4.78 is 5.15. The Morgan fingerprint density at radius 3 is 2.71 bits per heavy atom. The summed E-state index contributed by atoms with van der Waals surface area (Å²) >= 11 is 5.86. The summed E-state index contributed by atoms with van der Waals surface area (Å²) in [6.07, 6.45) is 3.34. The van der Waals surface area contributed by atoms with Crippen LogP contribution in [0.25, 0.3) is 0 Å². The third-order valence-electron chi connectivity index (χ3n) is 3.63. The fourth-order valence-corrected chi connectivity index (χ4v) is 2.56. The van der Waals surface area contributed by atoms with Crippen LogP contribution < -0.4 is 11.1 Å². The van der Waals surface area contributed by atoms with Crippen LogP contribution in [0, 0.1) is 0 Å². The summed E-state index contributed by atoms with van der Waals surface area (Å²) in [4.78, 5) is 24.0. The lowest BCUT2D eigenvalue weighted by molar-refractivity contribution is -0.129. The molecule has 21 heavy (non-hydrogen) atoms. The third kappa shape index (κ3) is 3.88. The van der Waals surface area contributed by atoms with E-state index in [9.17, 15) is 9.59 Å². The molecule has 1 fully saturated rings. The number of nitrogen functional groups attached to an aromatic ring is 1. The molecule has 0 heterocycles. The van der Waals surface area contributed by atoms with E-state index in [1.54, 1.807) is 19.1 Å². The van der Waals surface area contributed by atoms with Gasteiger partial charge in [-0.25, -0.2) is 4.79 Å². The number of halogens is 1. The third-order valence-corrected chi connectivity index (χ3v) is 3.96. The van der Waals surface area contributed by atoms with Crippen molar-refractivity contribution in [2.75, 3.05) is 5.73 Å². The maximum atomic E-state index is 12.0. The molecule has 1 aromatic carbocycles. The predicted octanol–water partition coefficient (Wildman–Crippen LogP) is 2.53. The number of hydrogen-bond acceptors (Lipinski definition) is 4. The molecule has 0 bridgehead atoms. The van der Waals surface area contributed by atoms with Crippen LogP contribution in [-0.2, 0) is 9.53 Å². The van der Waals surface area contributed by atoms with Crippen LogP contribution in [0.4, 0.5) is 5.69 Å². The molecule has 1 saturated carbocycles. The number of benzene rings is 1. The molecule has 1 aliphatic rings. The molecule has 0 saturated heterocycles. The number of esters is 1. The van der Waals surface area contributed by atoms with Crippen molar-refractivity contribution in [3.63, 3.8) is 0 Å². The second-order valence-corrected chi connectivity index (χ2v) is 5.65. The molecule has 0 spiro atoms. The molecule has 1 atom stereocenters. The summed E-state index contributed by atoms with van der Waals surface area (Å²) in [5, 5.41) is 3.17. The molecular formula is C15H19ClN2O3. The second-order valence-electron chi connectivity index (χ2n) is 5.24. The maximum absolute atomic E-state index is 12.0. The Morgan fingerprint density at radius 1 is 1.38 bits per heavy atom. The minimum absolute atomic E-state index is 0.160. The quantitative estimate of drug-likeness (QED) is 0.661. The Balaban J connectivity index is 1.95. The lowest BCUT2D eigenvalue weighted by Crippen LogP contribution is -2.40. The van der Waals surface area contributed by atoms with Crippen LogP contribution in [0.2, 0.25) is 5.02 Å². The predicted molar refractivity (Wildman–Crippen MR) is 81.1 cm³/mol. The van der Waals surface area contributed by atoms with Gasteiger partial charge in [-0.1, -0.05) is 30.5 Å². The first kappa shape index (κ1) is 15.6. The van der Waals surface area contributed by atoms with Gasteiger partial charge in [0.25, 0.3) is 5.91 Å². The number of ether oxygens (including phenoxy) is 1. The number of amides is 1. The van der Waals surface area contributed by atoms with Gasteiger partial charge in [-0.15, -0.1) is 0 Å². The topological polar surface area (TPSA) is 81.4 Å². The van der Waals surface area contributed by atoms with Crippen LogP contribution in [0.15, 0.2) is 18.2 Å². The number of para-hydroxylation sites is 1. The first-order valence-electron chi connectivity index (χ1n) is 7.04. The molecule has 0 aliphatic heterocycles. The average molecular weight is 311 g/mol. The van der Waals surface area contributed by atoms with E-state index in [1.807, 2.05) is 0 Å². The lowest BCUT2D eigenvalue weighted by Gasteiger charge is -2.17. The van der Waals surface area contributed by atoms with E-state index < -0.39 is 12.1 Å². The number of carbonyl (C=O) groups excluding carboxylic acids is 2. The van der Waals surface area contributed by atoms with Crippen molar-refractivity contribution in [1.29, 1.82) is 0 Å². The van der Waals surface area contributed by atoms with Crippen LogP contribution in [0.1, 0.15) is 43.0 Å². The van der Waals surface area contributed by atoms with E-state index in [0.29, 0.717) is 0 Å². The SMILES string of the molecule is CC(OC(=O)c1cccc(Cl)c1N)C(=O)NC1CCCC1. The van der Waals surface area contributed by atoms with Crippen molar-refractivity contribution >= 4 is 29.2 Å². The molecule has 1 aliphatic carbocycles. The van der Waals surface area contributed by atoms with Gasteiger partial charge >= 0.3 is 5.97 Å². The van der Waals surface area contributed by atoms with E-state index in [4.69, 9.17) is 22.1 Å². The molecule has 114 valence electrons. The van der Waals surface area contributed by atoms with Gasteiger partial charge in [-0.3, -0.25) is 4.79 Å². The van der Waals surface area contributed by atoms with Crippen molar-refractivity contribution < 1.29 is 14.3 Å². The van der Waals surface area contributed by atoms with Gasteiger partial charge in [0.05, 0.1) is 16.3 Å². The fraction of sp³-hybridized carbons (Fsp3) is 0.467. The fourth-order valence-electron chi connectivity index (χ4n) is 2.38. The highest BCUT2D eigenvalue weighted by Gasteiger charge is 2.24. The summed E-state index contributed by atoms with van der Waals surface area (Å²) in [6, 6.07) is 4.91. The summed E-state index contributed by atoms with van der Waals surface area (Å²) in [7, 11) is 0. The Bertz CT molecular complexity index is 542. The Hall–Kier alpha value is -1.75. The molecular weight excluding hydrogens is 292 g/mol. The monoisotopic (exact) mass is 310 g/mol. The minimum Gasteiger partial charge on any atom is -0.449 e. The number of anilines is 1. The molecule has 6 heteroatoms. The zero-order chi connectivity index (χ0) is 15.4. The van der Waals surface area contributed by atoms with Gasteiger partial charge in [-0.05, 0) is 31.9 Å². The van der Waals surface area contributed by atoms with E-state index in [-0.39, 0.29) is 28.2 Å². The summed E-state index contributed by atoms with van der Waals surface area (Å²) in [5.41, 5.74) is 6.06. The van der Waals surface area contributed by atoms with E-state index in [1.165, 1.54) is 6.07 Å². The molecule has 0 radical (unpaired) electrons. The first-order chi connectivity index (χ1) is 9.99. The van der Waals surface area contributed by atoms with E-state index in [2.05, 4.69) is 5.32 Å². The van der Waals surface area contributed by atoms with Crippen LogP contribution in [-0.4, -0.2) is 24.0 Å².